The van der Waals surface area contributed by atoms with Crippen molar-refractivity contribution in [2.24, 2.45) is 10.6 Å². The summed E-state index contributed by atoms with van der Waals surface area (Å²) in [6.07, 6.45) is 0.603. The topological polar surface area (TPSA) is 108 Å². The van der Waals surface area contributed by atoms with Crippen LogP contribution in [0.1, 0.15) is 38.3 Å². The minimum absolute atomic E-state index is 0.0891. The van der Waals surface area contributed by atoms with Gasteiger partial charge in [-0.15, -0.1) is 5.10 Å². The van der Waals surface area contributed by atoms with Crippen molar-refractivity contribution in [2.45, 2.75) is 27.7 Å². The molecular weight excluding hydrogens is 278 g/mol. The van der Waals surface area contributed by atoms with Crippen molar-refractivity contribution in [3.05, 3.63) is 12.2 Å². The molecule has 1 rings (SSSR count). The van der Waals surface area contributed by atoms with Crippen LogP contribution < -0.4 is 5.32 Å². The number of carbonyl (C=O) groups excluding carboxylic acids is 2. The number of hydrogen-bond donors (Lipinski definition) is 1. The van der Waals surface area contributed by atoms with E-state index < -0.39 is 17.5 Å². The molecule has 116 valence electrons. The van der Waals surface area contributed by atoms with Gasteiger partial charge in [0.25, 0.3) is 5.82 Å². The quantitative estimate of drug-likeness (QED) is 0.293. The van der Waals surface area contributed by atoms with E-state index >= 15 is 0 Å². The van der Waals surface area contributed by atoms with Gasteiger partial charge >= 0.3 is 12.1 Å². The number of nitrogens with zero attached hydrogens (tertiary/aromatic N) is 4. The molecule has 0 spiro atoms. The largest absolute Gasteiger partial charge is 0.460 e. The molecule has 0 aliphatic rings. The molecule has 1 N–H and O–H groups in total. The fourth-order valence-corrected chi connectivity index (χ4v) is 1.31. The Kier molecular flexibility index (Phi) is 5.39. The van der Waals surface area contributed by atoms with Crippen LogP contribution in [0, 0.1) is 5.41 Å². The highest BCUT2D eigenvalue weighted by Crippen LogP contribution is 2.17. The highest BCUT2D eigenvalue weighted by atomic mass is 16.7. The van der Waals surface area contributed by atoms with Crippen LogP contribution in [0.25, 0.3) is 0 Å². The number of rotatable bonds is 3. The van der Waals surface area contributed by atoms with Gasteiger partial charge in [-0.25, -0.2) is 19.3 Å². The first-order chi connectivity index (χ1) is 9.79. The van der Waals surface area contributed by atoms with E-state index in [-0.39, 0.29) is 12.4 Å². The van der Waals surface area contributed by atoms with E-state index in [2.05, 4.69) is 25.4 Å². The fraction of sp³-hybridized carbons (Fsp3) is 0.583. The van der Waals surface area contributed by atoms with Crippen molar-refractivity contribution >= 4 is 17.9 Å². The molecule has 0 saturated carbocycles. The molecule has 1 aromatic rings. The first kappa shape index (κ1) is 16.6. The maximum Gasteiger partial charge on any atom is 0.433 e. The van der Waals surface area contributed by atoms with Gasteiger partial charge in [-0.1, -0.05) is 25.9 Å². The Bertz CT molecular complexity index is 544. The number of hydrogen-bond acceptors (Lipinski definition) is 7. The average molecular weight is 297 g/mol. The van der Waals surface area contributed by atoms with Crippen molar-refractivity contribution in [3.63, 3.8) is 0 Å². The zero-order chi connectivity index (χ0) is 16.0. The summed E-state index contributed by atoms with van der Waals surface area (Å²) in [5.74, 6) is -0.403. The monoisotopic (exact) mass is 297 g/mol. The van der Waals surface area contributed by atoms with Gasteiger partial charge in [0, 0.05) is 12.5 Å². The van der Waals surface area contributed by atoms with Gasteiger partial charge in [-0.2, -0.15) is 0 Å². The van der Waals surface area contributed by atoms with Crippen LogP contribution in [0.15, 0.2) is 11.5 Å². The molecule has 0 bridgehead atoms. The first-order valence-corrected chi connectivity index (χ1v) is 6.36. The lowest BCUT2D eigenvalue weighted by molar-refractivity contribution is 0.0512. The Morgan fingerprint density at radius 1 is 1.43 bits per heavy atom. The number of carbonyl (C=O) groups is 2. The van der Waals surface area contributed by atoms with E-state index in [1.54, 1.807) is 6.92 Å². The molecule has 1 heterocycles. The normalized spacial score (nSPS) is 12.0. The second kappa shape index (κ2) is 6.82. The minimum Gasteiger partial charge on any atom is -0.460 e. The molecule has 0 aliphatic carbocycles. The van der Waals surface area contributed by atoms with Crippen LogP contribution in [-0.4, -0.2) is 46.3 Å². The minimum atomic E-state index is -0.706. The summed E-state index contributed by atoms with van der Waals surface area (Å²) < 4.78 is 6.08. The van der Waals surface area contributed by atoms with Crippen molar-refractivity contribution in [2.75, 3.05) is 13.7 Å². The lowest BCUT2D eigenvalue weighted by atomic mass is 9.95. The van der Waals surface area contributed by atoms with Crippen LogP contribution in [0.5, 0.6) is 0 Å². The van der Waals surface area contributed by atoms with E-state index in [9.17, 15) is 9.59 Å². The summed E-state index contributed by atoms with van der Waals surface area (Å²) in [7, 11) is 1.42. The summed E-state index contributed by atoms with van der Waals surface area (Å²) in [6.45, 7) is 7.47. The molecular formula is C12H19N5O4. The van der Waals surface area contributed by atoms with E-state index in [0.29, 0.717) is 5.84 Å². The maximum absolute atomic E-state index is 11.5. The average Bonchev–Trinajstić information content (AvgIpc) is 2.86. The standard InChI is InChI=1S/C12H19N5O4/c1-6-20-9(18)8-14-7-17(15-8)10(12(2,3)4)16-21-11(19)13-5/h7H,6H2,1-5H3,(H,13,19). The second-order valence-corrected chi connectivity index (χ2v) is 5.03. The van der Waals surface area contributed by atoms with Crippen LogP contribution in [-0.2, 0) is 9.57 Å². The predicted octanol–water partition coefficient (Wildman–Crippen LogP) is 1.02. The van der Waals surface area contributed by atoms with Gasteiger partial charge in [0.05, 0.1) is 6.61 Å². The van der Waals surface area contributed by atoms with Crippen molar-refractivity contribution in [1.29, 1.82) is 0 Å². The molecule has 1 amide bonds. The van der Waals surface area contributed by atoms with E-state index in [1.165, 1.54) is 18.1 Å². The number of aromatic nitrogens is 3. The smallest absolute Gasteiger partial charge is 0.433 e. The lowest BCUT2D eigenvalue weighted by Crippen LogP contribution is -2.30. The Labute approximate surface area is 122 Å². The molecule has 0 saturated heterocycles. The first-order valence-electron chi connectivity index (χ1n) is 6.36. The van der Waals surface area contributed by atoms with Crippen molar-refractivity contribution in [1.82, 2.24) is 20.1 Å². The zero-order valence-corrected chi connectivity index (χ0v) is 12.7. The molecule has 1 aromatic heterocycles. The number of ether oxygens (including phenoxy) is 1. The Morgan fingerprint density at radius 2 is 2.10 bits per heavy atom. The van der Waals surface area contributed by atoms with E-state index in [0.717, 1.165) is 0 Å². The van der Waals surface area contributed by atoms with E-state index in [4.69, 9.17) is 4.74 Å². The molecule has 0 aromatic carbocycles. The number of amides is 1. The second-order valence-electron chi connectivity index (χ2n) is 5.03. The fourth-order valence-electron chi connectivity index (χ4n) is 1.31. The third-order valence-electron chi connectivity index (χ3n) is 2.26. The molecule has 0 unspecified atom stereocenters. The predicted molar refractivity (Wildman–Crippen MR) is 73.8 cm³/mol. The van der Waals surface area contributed by atoms with Gasteiger partial charge in [0.15, 0.2) is 5.84 Å². The molecule has 0 aliphatic heterocycles. The number of nitrogens with one attached hydrogen (secondary N) is 1. The summed E-state index contributed by atoms with van der Waals surface area (Å²) in [5, 5.41) is 10.0. The molecule has 0 radical (unpaired) electrons. The van der Waals surface area contributed by atoms with Gasteiger partial charge in [0.2, 0.25) is 0 Å². The van der Waals surface area contributed by atoms with Crippen LogP contribution in [0.2, 0.25) is 0 Å². The number of esters is 1. The Morgan fingerprint density at radius 3 is 2.62 bits per heavy atom. The highest BCUT2D eigenvalue weighted by molar-refractivity contribution is 5.90. The third-order valence-corrected chi connectivity index (χ3v) is 2.26. The lowest BCUT2D eigenvalue weighted by Gasteiger charge is -2.19. The number of oxime groups is 1. The molecule has 9 heteroatoms. The van der Waals surface area contributed by atoms with Crippen molar-refractivity contribution in [3.8, 4) is 0 Å². The van der Waals surface area contributed by atoms with Gasteiger partial charge in [0.1, 0.15) is 6.33 Å². The van der Waals surface area contributed by atoms with E-state index in [1.807, 2.05) is 20.8 Å². The Hall–Kier alpha value is -2.45. The summed E-state index contributed by atoms with van der Waals surface area (Å²) in [4.78, 5) is 31.2. The molecule has 0 atom stereocenters. The van der Waals surface area contributed by atoms with Gasteiger partial charge < -0.3 is 10.1 Å². The summed E-state index contributed by atoms with van der Waals surface area (Å²) in [6, 6.07) is 0. The SMILES string of the molecule is CCOC(=O)c1ncn(C(=NOC(=O)NC)C(C)(C)C)n1. The van der Waals surface area contributed by atoms with Gasteiger partial charge in [-0.05, 0) is 6.92 Å². The molecule has 9 nitrogen and oxygen atoms in total. The van der Waals surface area contributed by atoms with Crippen LogP contribution in [0.4, 0.5) is 4.79 Å². The highest BCUT2D eigenvalue weighted by Gasteiger charge is 2.25. The zero-order valence-electron chi connectivity index (χ0n) is 12.7. The van der Waals surface area contributed by atoms with Crippen molar-refractivity contribution < 1.29 is 19.2 Å². The summed E-state index contributed by atoms with van der Waals surface area (Å²) >= 11 is 0. The van der Waals surface area contributed by atoms with Crippen LogP contribution >= 0.6 is 0 Å². The maximum atomic E-state index is 11.5. The van der Waals surface area contributed by atoms with Gasteiger partial charge in [-0.3, -0.25) is 4.84 Å². The molecule has 0 fully saturated rings. The molecule has 21 heavy (non-hydrogen) atoms. The van der Waals surface area contributed by atoms with Crippen LogP contribution in [0.3, 0.4) is 0 Å². The third kappa shape index (κ3) is 4.55. The summed E-state index contributed by atoms with van der Waals surface area (Å²) in [5.41, 5.74) is -0.492. The Balaban J connectivity index is 3.05.